The first kappa shape index (κ1) is 9.48. The van der Waals surface area contributed by atoms with E-state index in [9.17, 15) is 4.79 Å². The van der Waals surface area contributed by atoms with Crippen LogP contribution in [0.4, 0.5) is 0 Å². The molecule has 1 saturated heterocycles. The molecule has 2 N–H and O–H groups in total. The van der Waals surface area contributed by atoms with E-state index in [-0.39, 0.29) is 18.6 Å². The van der Waals surface area contributed by atoms with E-state index in [1.807, 2.05) is 4.90 Å². The summed E-state index contributed by atoms with van der Waals surface area (Å²) in [6.07, 6.45) is 2.10. The summed E-state index contributed by atoms with van der Waals surface area (Å²) in [6, 6.07) is 0.243. The van der Waals surface area contributed by atoms with Gasteiger partial charge in [-0.15, -0.1) is 0 Å². The Morgan fingerprint density at radius 2 is 2.50 bits per heavy atom. The third-order valence-corrected chi connectivity index (χ3v) is 2.24. The van der Waals surface area contributed by atoms with E-state index < -0.39 is 0 Å². The summed E-state index contributed by atoms with van der Waals surface area (Å²) in [6.45, 7) is 1.58. The van der Waals surface area contributed by atoms with Gasteiger partial charge in [-0.3, -0.25) is 4.79 Å². The number of methoxy groups -OCH3 is 1. The van der Waals surface area contributed by atoms with Gasteiger partial charge in [0.05, 0.1) is 0 Å². The van der Waals surface area contributed by atoms with Crippen LogP contribution in [-0.4, -0.2) is 43.7 Å². The van der Waals surface area contributed by atoms with Gasteiger partial charge in [0.2, 0.25) is 5.91 Å². The number of rotatable bonds is 3. The first-order valence-electron chi connectivity index (χ1n) is 4.28. The molecule has 0 bridgehead atoms. The molecule has 1 rings (SSSR count). The van der Waals surface area contributed by atoms with Crippen molar-refractivity contribution < 1.29 is 9.53 Å². The summed E-state index contributed by atoms with van der Waals surface area (Å²) in [5.41, 5.74) is 5.52. The Hall–Kier alpha value is -0.610. The Kier molecular flexibility index (Phi) is 3.49. The molecule has 1 heterocycles. The van der Waals surface area contributed by atoms with Crippen molar-refractivity contribution in [3.8, 4) is 0 Å². The summed E-state index contributed by atoms with van der Waals surface area (Å²) >= 11 is 0. The van der Waals surface area contributed by atoms with Gasteiger partial charge in [-0.2, -0.15) is 0 Å². The van der Waals surface area contributed by atoms with E-state index in [1.54, 1.807) is 0 Å². The van der Waals surface area contributed by atoms with Crippen molar-refractivity contribution in [2.75, 3.05) is 26.8 Å². The molecule has 0 aliphatic carbocycles. The molecule has 0 saturated carbocycles. The Morgan fingerprint density at radius 3 is 3.08 bits per heavy atom. The zero-order valence-electron chi connectivity index (χ0n) is 7.45. The molecule has 0 aromatic heterocycles. The van der Waals surface area contributed by atoms with E-state index in [0.717, 1.165) is 19.4 Å². The molecule has 1 amide bonds. The summed E-state index contributed by atoms with van der Waals surface area (Å²) in [4.78, 5) is 13.2. The predicted octanol–water partition coefficient (Wildman–Crippen LogP) is -0.417. The standard InChI is InChI=1S/C8H16N2O2/c1-12-6-8(11)10-4-2-3-7(10)5-9/h7H,2-6,9H2,1H3. The summed E-state index contributed by atoms with van der Waals surface area (Å²) in [5, 5.41) is 0. The van der Waals surface area contributed by atoms with Gasteiger partial charge in [-0.05, 0) is 12.8 Å². The van der Waals surface area contributed by atoms with Gasteiger partial charge in [0, 0.05) is 26.2 Å². The number of carbonyl (C=O) groups is 1. The minimum atomic E-state index is 0.0606. The Labute approximate surface area is 72.7 Å². The molecule has 70 valence electrons. The highest BCUT2D eigenvalue weighted by Crippen LogP contribution is 2.15. The molecule has 1 atom stereocenters. The smallest absolute Gasteiger partial charge is 0.248 e. The number of amides is 1. The van der Waals surface area contributed by atoms with Crippen molar-refractivity contribution in [2.45, 2.75) is 18.9 Å². The van der Waals surface area contributed by atoms with Gasteiger partial charge in [-0.1, -0.05) is 0 Å². The number of carbonyl (C=O) groups excluding carboxylic acids is 1. The lowest BCUT2D eigenvalue weighted by Crippen LogP contribution is -2.41. The van der Waals surface area contributed by atoms with E-state index in [4.69, 9.17) is 10.5 Å². The second-order valence-corrected chi connectivity index (χ2v) is 3.05. The van der Waals surface area contributed by atoms with E-state index in [1.165, 1.54) is 7.11 Å². The van der Waals surface area contributed by atoms with Crippen LogP contribution in [0.15, 0.2) is 0 Å². The van der Waals surface area contributed by atoms with Gasteiger partial charge in [0.25, 0.3) is 0 Å². The third kappa shape index (κ3) is 1.95. The zero-order valence-corrected chi connectivity index (χ0v) is 7.45. The fourth-order valence-corrected chi connectivity index (χ4v) is 1.62. The fraction of sp³-hybridized carbons (Fsp3) is 0.875. The van der Waals surface area contributed by atoms with Crippen LogP contribution < -0.4 is 5.73 Å². The van der Waals surface area contributed by atoms with Gasteiger partial charge in [-0.25, -0.2) is 0 Å². The van der Waals surface area contributed by atoms with Crippen LogP contribution in [0.25, 0.3) is 0 Å². The normalized spacial score (nSPS) is 23.2. The summed E-state index contributed by atoms with van der Waals surface area (Å²) in [7, 11) is 1.53. The number of nitrogens with zero attached hydrogens (tertiary/aromatic N) is 1. The maximum atomic E-state index is 11.4. The summed E-state index contributed by atoms with van der Waals surface area (Å²) < 4.78 is 4.78. The molecule has 12 heavy (non-hydrogen) atoms. The molecule has 0 aromatic rings. The summed E-state index contributed by atoms with van der Waals surface area (Å²) in [5.74, 6) is 0.0606. The lowest BCUT2D eigenvalue weighted by molar-refractivity contribution is -0.135. The van der Waals surface area contributed by atoms with Crippen LogP contribution in [-0.2, 0) is 9.53 Å². The van der Waals surface area contributed by atoms with Crippen molar-refractivity contribution in [3.05, 3.63) is 0 Å². The second-order valence-electron chi connectivity index (χ2n) is 3.05. The van der Waals surface area contributed by atoms with Gasteiger partial charge in [0.15, 0.2) is 0 Å². The van der Waals surface area contributed by atoms with Gasteiger partial charge < -0.3 is 15.4 Å². The number of likely N-dealkylation sites (tertiary alicyclic amines) is 1. The maximum absolute atomic E-state index is 11.4. The SMILES string of the molecule is COCC(=O)N1CCCC1CN. The molecular formula is C8H16N2O2. The van der Waals surface area contributed by atoms with Crippen LogP contribution >= 0.6 is 0 Å². The lowest BCUT2D eigenvalue weighted by Gasteiger charge is -2.22. The first-order valence-corrected chi connectivity index (χ1v) is 4.28. The molecule has 1 aliphatic rings. The minimum Gasteiger partial charge on any atom is -0.375 e. The van der Waals surface area contributed by atoms with Crippen LogP contribution in [0.3, 0.4) is 0 Å². The monoisotopic (exact) mass is 172 g/mol. The largest absolute Gasteiger partial charge is 0.375 e. The van der Waals surface area contributed by atoms with Crippen molar-refractivity contribution in [1.29, 1.82) is 0 Å². The van der Waals surface area contributed by atoms with Crippen molar-refractivity contribution in [1.82, 2.24) is 4.90 Å². The van der Waals surface area contributed by atoms with Crippen molar-refractivity contribution in [3.63, 3.8) is 0 Å². The van der Waals surface area contributed by atoms with Crippen LogP contribution in [0.1, 0.15) is 12.8 Å². The second kappa shape index (κ2) is 4.42. The molecular weight excluding hydrogens is 156 g/mol. The van der Waals surface area contributed by atoms with Crippen LogP contribution in [0.5, 0.6) is 0 Å². The molecule has 0 aromatic carbocycles. The zero-order chi connectivity index (χ0) is 8.97. The molecule has 1 fully saturated rings. The topological polar surface area (TPSA) is 55.6 Å². The number of ether oxygens (including phenoxy) is 1. The Balaban J connectivity index is 2.43. The van der Waals surface area contributed by atoms with E-state index in [2.05, 4.69) is 0 Å². The number of hydrogen-bond acceptors (Lipinski definition) is 3. The highest BCUT2D eigenvalue weighted by Gasteiger charge is 2.26. The van der Waals surface area contributed by atoms with Gasteiger partial charge in [0.1, 0.15) is 6.61 Å². The highest BCUT2D eigenvalue weighted by atomic mass is 16.5. The minimum absolute atomic E-state index is 0.0606. The fourth-order valence-electron chi connectivity index (χ4n) is 1.62. The molecule has 0 spiro atoms. The predicted molar refractivity (Wildman–Crippen MR) is 45.7 cm³/mol. The van der Waals surface area contributed by atoms with E-state index in [0.29, 0.717) is 6.54 Å². The first-order chi connectivity index (χ1) is 5.79. The van der Waals surface area contributed by atoms with Crippen molar-refractivity contribution in [2.24, 2.45) is 5.73 Å². The Bertz CT molecular complexity index is 161. The quantitative estimate of drug-likeness (QED) is 0.629. The molecule has 4 nitrogen and oxygen atoms in total. The van der Waals surface area contributed by atoms with Crippen LogP contribution in [0, 0.1) is 0 Å². The average molecular weight is 172 g/mol. The molecule has 4 heteroatoms. The lowest BCUT2D eigenvalue weighted by atomic mass is 10.2. The highest BCUT2D eigenvalue weighted by molar-refractivity contribution is 5.78. The molecule has 1 unspecified atom stereocenters. The third-order valence-electron chi connectivity index (χ3n) is 2.24. The van der Waals surface area contributed by atoms with Gasteiger partial charge >= 0.3 is 0 Å². The Morgan fingerprint density at radius 1 is 1.75 bits per heavy atom. The number of nitrogens with two attached hydrogens (primary N) is 1. The average Bonchev–Trinajstić information content (AvgIpc) is 2.51. The van der Waals surface area contributed by atoms with E-state index >= 15 is 0 Å². The molecule has 0 radical (unpaired) electrons. The van der Waals surface area contributed by atoms with Crippen molar-refractivity contribution >= 4 is 5.91 Å². The molecule has 1 aliphatic heterocycles. The maximum Gasteiger partial charge on any atom is 0.248 e. The van der Waals surface area contributed by atoms with Crippen LogP contribution in [0.2, 0.25) is 0 Å². The number of hydrogen-bond donors (Lipinski definition) is 1.